The van der Waals surface area contributed by atoms with Crippen LogP contribution < -0.4 is 4.74 Å². The molecule has 4 heterocycles. The molecule has 0 radical (unpaired) electrons. The van der Waals surface area contributed by atoms with Gasteiger partial charge in [0.2, 0.25) is 5.88 Å². The van der Waals surface area contributed by atoms with Crippen molar-refractivity contribution >= 4 is 15.7 Å². The second-order valence-electron chi connectivity index (χ2n) is 6.44. The van der Waals surface area contributed by atoms with Crippen LogP contribution in [0.25, 0.3) is 5.65 Å². The van der Waals surface area contributed by atoms with Crippen molar-refractivity contribution in [1.82, 2.24) is 28.5 Å². The van der Waals surface area contributed by atoms with Gasteiger partial charge in [-0.25, -0.2) is 22.9 Å². The van der Waals surface area contributed by atoms with Gasteiger partial charge in [0.25, 0.3) is 10.0 Å². The molecule has 26 heavy (non-hydrogen) atoms. The van der Waals surface area contributed by atoms with Crippen LogP contribution in [0.4, 0.5) is 0 Å². The lowest BCUT2D eigenvalue weighted by Gasteiger charge is -2.30. The minimum Gasteiger partial charge on any atom is -0.476 e. The third kappa shape index (κ3) is 3.29. The zero-order valence-corrected chi connectivity index (χ0v) is 15.2. The highest BCUT2D eigenvalue weighted by Crippen LogP contribution is 2.23. The van der Waals surface area contributed by atoms with Gasteiger partial charge in [-0.2, -0.15) is 4.31 Å². The third-order valence-corrected chi connectivity index (χ3v) is 6.34. The van der Waals surface area contributed by atoms with E-state index < -0.39 is 10.0 Å². The summed E-state index contributed by atoms with van der Waals surface area (Å²) in [6, 6.07) is 3.65. The minimum atomic E-state index is -3.51. The van der Waals surface area contributed by atoms with E-state index in [1.807, 2.05) is 6.07 Å². The van der Waals surface area contributed by atoms with Gasteiger partial charge in [0.1, 0.15) is 0 Å². The van der Waals surface area contributed by atoms with E-state index in [1.54, 1.807) is 34.6 Å². The molecular weight excluding hydrogens is 356 g/mol. The van der Waals surface area contributed by atoms with Crippen molar-refractivity contribution in [3.8, 4) is 5.88 Å². The molecule has 0 atom stereocenters. The molecule has 0 N–H and O–H groups in total. The van der Waals surface area contributed by atoms with Gasteiger partial charge in [0, 0.05) is 44.8 Å². The Hall–Kier alpha value is -2.46. The molecule has 1 saturated heterocycles. The van der Waals surface area contributed by atoms with Gasteiger partial charge < -0.3 is 9.30 Å². The Morgan fingerprint density at radius 2 is 2.04 bits per heavy atom. The summed E-state index contributed by atoms with van der Waals surface area (Å²) < 4.78 is 35.8. The van der Waals surface area contributed by atoms with Crippen molar-refractivity contribution in [3.05, 3.63) is 37.1 Å². The number of hydrogen-bond donors (Lipinski definition) is 0. The lowest BCUT2D eigenvalue weighted by Crippen LogP contribution is -2.39. The fourth-order valence-corrected chi connectivity index (χ4v) is 4.48. The smallest absolute Gasteiger partial charge is 0.262 e. The predicted octanol–water partition coefficient (Wildman–Crippen LogP) is 0.942. The molecule has 0 spiro atoms. The second kappa shape index (κ2) is 6.69. The number of sulfonamides is 1. The van der Waals surface area contributed by atoms with Crippen LogP contribution in [-0.4, -0.2) is 56.6 Å². The van der Waals surface area contributed by atoms with Gasteiger partial charge in [-0.05, 0) is 24.8 Å². The van der Waals surface area contributed by atoms with Crippen LogP contribution in [0.15, 0.2) is 42.1 Å². The average molecular weight is 376 g/mol. The minimum absolute atomic E-state index is 0.104. The zero-order chi connectivity index (χ0) is 18.1. The van der Waals surface area contributed by atoms with Crippen molar-refractivity contribution in [1.29, 1.82) is 0 Å². The van der Waals surface area contributed by atoms with Crippen LogP contribution in [0.2, 0.25) is 0 Å². The molecule has 1 aliphatic rings. The first-order valence-electron chi connectivity index (χ1n) is 8.44. The fraction of sp³-hybridized carbons (Fsp3) is 0.438. The molecule has 1 fully saturated rings. The number of rotatable bonds is 5. The summed E-state index contributed by atoms with van der Waals surface area (Å²) in [4.78, 5) is 8.11. The number of aryl methyl sites for hydroxylation is 1. The lowest BCUT2D eigenvalue weighted by molar-refractivity contribution is 0.179. The van der Waals surface area contributed by atoms with E-state index in [4.69, 9.17) is 4.74 Å². The van der Waals surface area contributed by atoms with Crippen molar-refractivity contribution in [3.63, 3.8) is 0 Å². The molecule has 10 heteroatoms. The normalized spacial score (nSPS) is 17.0. The van der Waals surface area contributed by atoms with Gasteiger partial charge >= 0.3 is 0 Å². The number of imidazole rings is 2. The summed E-state index contributed by atoms with van der Waals surface area (Å²) in [6.45, 7) is 1.46. The van der Waals surface area contributed by atoms with Crippen molar-refractivity contribution in [2.45, 2.75) is 17.9 Å². The number of hydrogen-bond acceptors (Lipinski definition) is 6. The maximum atomic E-state index is 12.6. The van der Waals surface area contributed by atoms with E-state index in [1.165, 1.54) is 16.8 Å². The first kappa shape index (κ1) is 17.0. The van der Waals surface area contributed by atoms with E-state index in [2.05, 4.69) is 15.1 Å². The summed E-state index contributed by atoms with van der Waals surface area (Å²) in [5, 5.41) is 4.44. The predicted molar refractivity (Wildman–Crippen MR) is 93.2 cm³/mol. The van der Waals surface area contributed by atoms with E-state index in [0.717, 1.165) is 18.5 Å². The number of ether oxygens (including phenoxy) is 1. The molecule has 0 aliphatic carbocycles. The van der Waals surface area contributed by atoms with E-state index in [-0.39, 0.29) is 5.03 Å². The maximum absolute atomic E-state index is 12.6. The summed E-state index contributed by atoms with van der Waals surface area (Å²) in [5.41, 5.74) is 0.769. The van der Waals surface area contributed by atoms with Crippen LogP contribution in [0.5, 0.6) is 5.88 Å². The monoisotopic (exact) mass is 376 g/mol. The van der Waals surface area contributed by atoms with E-state index in [9.17, 15) is 8.42 Å². The molecule has 3 aromatic rings. The van der Waals surface area contributed by atoms with Crippen molar-refractivity contribution in [2.24, 2.45) is 13.0 Å². The van der Waals surface area contributed by atoms with Gasteiger partial charge in [-0.3, -0.25) is 0 Å². The number of piperidine rings is 1. The first-order chi connectivity index (χ1) is 12.5. The van der Waals surface area contributed by atoms with Crippen LogP contribution in [0.3, 0.4) is 0 Å². The molecule has 4 rings (SSSR count). The molecule has 0 bridgehead atoms. The average Bonchev–Trinajstić information content (AvgIpc) is 3.29. The second-order valence-corrected chi connectivity index (χ2v) is 8.32. The molecule has 0 aromatic carbocycles. The van der Waals surface area contributed by atoms with Gasteiger partial charge in [-0.1, -0.05) is 0 Å². The quantitative estimate of drug-likeness (QED) is 0.658. The first-order valence-corrected chi connectivity index (χ1v) is 9.88. The molecule has 0 saturated carbocycles. The Bertz CT molecular complexity index is 1000. The highest BCUT2D eigenvalue weighted by molar-refractivity contribution is 7.89. The molecule has 138 valence electrons. The Balaban J connectivity index is 1.33. The highest BCUT2D eigenvalue weighted by Gasteiger charge is 2.31. The summed E-state index contributed by atoms with van der Waals surface area (Å²) in [5.74, 6) is 0.838. The van der Waals surface area contributed by atoms with Crippen molar-refractivity contribution < 1.29 is 13.2 Å². The van der Waals surface area contributed by atoms with Gasteiger partial charge in [0.15, 0.2) is 10.7 Å². The number of aromatic nitrogens is 5. The van der Waals surface area contributed by atoms with Crippen LogP contribution in [-0.2, 0) is 17.1 Å². The SMILES string of the molecule is Cn1cnc(S(=O)(=O)N2CCC(COc3ccc4nccn4n3)CC2)c1. The number of nitrogens with zero attached hydrogens (tertiary/aromatic N) is 6. The molecule has 3 aromatic heterocycles. The Kier molecular flexibility index (Phi) is 4.37. The highest BCUT2D eigenvalue weighted by atomic mass is 32.2. The Morgan fingerprint density at radius 3 is 2.77 bits per heavy atom. The van der Waals surface area contributed by atoms with E-state index >= 15 is 0 Å². The zero-order valence-electron chi connectivity index (χ0n) is 14.4. The maximum Gasteiger partial charge on any atom is 0.262 e. The van der Waals surface area contributed by atoms with Gasteiger partial charge in [0.05, 0.1) is 12.9 Å². The van der Waals surface area contributed by atoms with Crippen LogP contribution in [0, 0.1) is 5.92 Å². The van der Waals surface area contributed by atoms with E-state index in [0.29, 0.717) is 31.5 Å². The largest absolute Gasteiger partial charge is 0.476 e. The van der Waals surface area contributed by atoms with Crippen molar-refractivity contribution in [2.75, 3.05) is 19.7 Å². The lowest BCUT2D eigenvalue weighted by atomic mass is 9.99. The number of fused-ring (bicyclic) bond motifs is 1. The van der Waals surface area contributed by atoms with Gasteiger partial charge in [-0.15, -0.1) is 5.10 Å². The topological polar surface area (TPSA) is 94.6 Å². The Labute approximate surface area is 151 Å². The third-order valence-electron chi connectivity index (χ3n) is 4.56. The summed E-state index contributed by atoms with van der Waals surface area (Å²) >= 11 is 0. The molecule has 1 aliphatic heterocycles. The summed E-state index contributed by atoms with van der Waals surface area (Å²) in [6.07, 6.45) is 7.98. The Morgan fingerprint density at radius 1 is 1.23 bits per heavy atom. The molecule has 9 nitrogen and oxygen atoms in total. The standard InChI is InChI=1S/C16H20N6O3S/c1-20-10-16(18-12-20)26(23,24)21-7-4-13(5-8-21)11-25-15-3-2-14-17-6-9-22(14)19-15/h2-3,6,9-10,12-13H,4-5,7-8,11H2,1H3. The molecule has 0 amide bonds. The summed E-state index contributed by atoms with van der Waals surface area (Å²) in [7, 11) is -1.76. The molecular formula is C16H20N6O3S. The fourth-order valence-electron chi connectivity index (χ4n) is 3.05. The molecule has 0 unspecified atom stereocenters. The van der Waals surface area contributed by atoms with Crippen LogP contribution >= 0.6 is 0 Å². The van der Waals surface area contributed by atoms with Crippen LogP contribution in [0.1, 0.15) is 12.8 Å².